The van der Waals surface area contributed by atoms with Crippen LogP contribution >= 0.6 is 11.3 Å². The lowest BCUT2D eigenvalue weighted by Gasteiger charge is -2.05. The molecule has 1 N–H and O–H groups in total. The highest BCUT2D eigenvalue weighted by Gasteiger charge is 2.04. The van der Waals surface area contributed by atoms with Crippen LogP contribution in [0.4, 0.5) is 0 Å². The first-order valence-electron chi connectivity index (χ1n) is 8.24. The molecule has 116 valence electrons. The maximum absolute atomic E-state index is 4.30. The van der Waals surface area contributed by atoms with Gasteiger partial charge in [0.05, 0.1) is 0 Å². The summed E-state index contributed by atoms with van der Waals surface area (Å²) in [6, 6.07) is 0. The Balaban J connectivity index is 2.07. The normalized spacial score (nSPS) is 11.4. The van der Waals surface area contributed by atoms with E-state index in [0.717, 1.165) is 25.9 Å². The molecule has 0 aliphatic carbocycles. The van der Waals surface area contributed by atoms with Crippen molar-refractivity contribution in [3.8, 4) is 0 Å². The molecule has 0 aliphatic rings. The molecule has 4 heteroatoms. The molecule has 0 saturated heterocycles. The first kappa shape index (κ1) is 17.6. The average molecular weight is 298 g/mol. The van der Waals surface area contributed by atoms with E-state index < -0.39 is 0 Å². The number of nitrogens with one attached hydrogen (secondary N) is 1. The second kappa shape index (κ2) is 11.2. The maximum atomic E-state index is 4.30. The Kier molecular flexibility index (Phi) is 9.85. The van der Waals surface area contributed by atoms with Crippen LogP contribution in [0, 0.1) is 5.92 Å². The topological polar surface area (TPSA) is 37.8 Å². The van der Waals surface area contributed by atoms with E-state index in [1.165, 1.54) is 48.5 Å². The van der Waals surface area contributed by atoms with Gasteiger partial charge in [0.25, 0.3) is 0 Å². The molecule has 1 aromatic heterocycles. The van der Waals surface area contributed by atoms with Gasteiger partial charge in [-0.25, -0.2) is 0 Å². The van der Waals surface area contributed by atoms with Gasteiger partial charge in [0, 0.05) is 19.4 Å². The van der Waals surface area contributed by atoms with Crippen molar-refractivity contribution in [2.45, 2.75) is 72.1 Å². The van der Waals surface area contributed by atoms with Crippen molar-refractivity contribution in [3.05, 3.63) is 10.0 Å². The molecular weight excluding hydrogens is 266 g/mol. The van der Waals surface area contributed by atoms with E-state index in [0.29, 0.717) is 5.92 Å². The summed E-state index contributed by atoms with van der Waals surface area (Å²) in [6.45, 7) is 8.83. The molecule has 0 unspecified atom stereocenters. The third kappa shape index (κ3) is 8.64. The van der Waals surface area contributed by atoms with Gasteiger partial charge >= 0.3 is 0 Å². The van der Waals surface area contributed by atoms with Crippen molar-refractivity contribution in [1.82, 2.24) is 15.5 Å². The van der Waals surface area contributed by atoms with Crippen molar-refractivity contribution in [2.24, 2.45) is 5.92 Å². The van der Waals surface area contributed by atoms with Crippen LogP contribution in [0.2, 0.25) is 0 Å². The second-order valence-electron chi connectivity index (χ2n) is 5.96. The molecule has 0 saturated carbocycles. The van der Waals surface area contributed by atoms with E-state index in [1.807, 2.05) is 0 Å². The summed E-state index contributed by atoms with van der Waals surface area (Å²) >= 11 is 1.80. The number of aryl methyl sites for hydroxylation is 1. The summed E-state index contributed by atoms with van der Waals surface area (Å²) < 4.78 is 0. The Labute approximate surface area is 128 Å². The van der Waals surface area contributed by atoms with E-state index >= 15 is 0 Å². The van der Waals surface area contributed by atoms with Crippen LogP contribution in [-0.4, -0.2) is 23.3 Å². The summed E-state index contributed by atoms with van der Waals surface area (Å²) in [5.74, 6) is 0.715. The lowest BCUT2D eigenvalue weighted by Crippen LogP contribution is -2.22. The zero-order valence-corrected chi connectivity index (χ0v) is 14.3. The van der Waals surface area contributed by atoms with Crippen molar-refractivity contribution in [1.29, 1.82) is 0 Å². The third-order valence-electron chi connectivity index (χ3n) is 3.32. The van der Waals surface area contributed by atoms with Gasteiger partial charge < -0.3 is 5.32 Å². The molecule has 0 spiro atoms. The smallest absolute Gasteiger partial charge is 0.118 e. The Morgan fingerprint density at radius 3 is 2.30 bits per heavy atom. The first-order chi connectivity index (χ1) is 9.72. The van der Waals surface area contributed by atoms with Crippen LogP contribution in [0.3, 0.4) is 0 Å². The summed E-state index contributed by atoms with van der Waals surface area (Å²) in [6.07, 6.45) is 10.2. The van der Waals surface area contributed by atoms with E-state index in [2.05, 4.69) is 36.3 Å². The Hall–Kier alpha value is -0.480. The fourth-order valence-electron chi connectivity index (χ4n) is 2.13. The Morgan fingerprint density at radius 2 is 1.60 bits per heavy atom. The molecule has 0 fully saturated rings. The van der Waals surface area contributed by atoms with Gasteiger partial charge in [0.2, 0.25) is 0 Å². The van der Waals surface area contributed by atoms with Crippen LogP contribution in [0.15, 0.2) is 0 Å². The predicted molar refractivity (Wildman–Crippen MR) is 88.4 cm³/mol. The minimum Gasteiger partial charge on any atom is -0.316 e. The molecule has 0 amide bonds. The molecule has 0 aliphatic heterocycles. The van der Waals surface area contributed by atoms with Crippen molar-refractivity contribution in [2.75, 3.05) is 13.1 Å². The SMILES string of the molecule is CCCCCCCCc1nnc(CCNCC(C)C)s1. The molecule has 0 aromatic carbocycles. The monoisotopic (exact) mass is 297 g/mol. The molecule has 0 atom stereocenters. The average Bonchev–Trinajstić information content (AvgIpc) is 2.86. The number of hydrogen-bond acceptors (Lipinski definition) is 4. The first-order valence-corrected chi connectivity index (χ1v) is 9.06. The van der Waals surface area contributed by atoms with Gasteiger partial charge in [-0.1, -0.05) is 52.9 Å². The maximum Gasteiger partial charge on any atom is 0.118 e. The van der Waals surface area contributed by atoms with E-state index in [-0.39, 0.29) is 0 Å². The highest BCUT2D eigenvalue weighted by atomic mass is 32.1. The highest BCUT2D eigenvalue weighted by molar-refractivity contribution is 7.11. The van der Waals surface area contributed by atoms with Gasteiger partial charge in [-0.05, 0) is 18.9 Å². The quantitative estimate of drug-likeness (QED) is 0.587. The van der Waals surface area contributed by atoms with Gasteiger partial charge in [-0.3, -0.25) is 0 Å². The molecule has 1 aromatic rings. The summed E-state index contributed by atoms with van der Waals surface area (Å²) in [7, 11) is 0. The van der Waals surface area contributed by atoms with Crippen LogP contribution < -0.4 is 5.32 Å². The number of hydrogen-bond donors (Lipinski definition) is 1. The number of nitrogens with zero attached hydrogens (tertiary/aromatic N) is 2. The van der Waals surface area contributed by atoms with Crippen molar-refractivity contribution < 1.29 is 0 Å². The molecule has 1 rings (SSSR count). The molecule has 1 heterocycles. The van der Waals surface area contributed by atoms with Gasteiger partial charge in [0.15, 0.2) is 0 Å². The Bertz CT molecular complexity index is 336. The fourth-order valence-corrected chi connectivity index (χ4v) is 3.02. The van der Waals surface area contributed by atoms with Crippen LogP contribution in [0.25, 0.3) is 0 Å². The zero-order chi connectivity index (χ0) is 14.6. The van der Waals surface area contributed by atoms with E-state index in [4.69, 9.17) is 0 Å². The lowest BCUT2D eigenvalue weighted by atomic mass is 10.1. The molecule has 3 nitrogen and oxygen atoms in total. The minimum atomic E-state index is 0.715. The lowest BCUT2D eigenvalue weighted by molar-refractivity contribution is 0.553. The van der Waals surface area contributed by atoms with E-state index in [9.17, 15) is 0 Å². The van der Waals surface area contributed by atoms with Crippen LogP contribution in [0.1, 0.15) is 69.3 Å². The zero-order valence-electron chi connectivity index (χ0n) is 13.5. The Morgan fingerprint density at radius 1 is 0.950 bits per heavy atom. The largest absolute Gasteiger partial charge is 0.316 e. The van der Waals surface area contributed by atoms with E-state index in [1.54, 1.807) is 11.3 Å². The van der Waals surface area contributed by atoms with Crippen LogP contribution in [-0.2, 0) is 12.8 Å². The van der Waals surface area contributed by atoms with Crippen molar-refractivity contribution in [3.63, 3.8) is 0 Å². The molecule has 0 radical (unpaired) electrons. The molecular formula is C16H31N3S. The van der Waals surface area contributed by atoms with Gasteiger partial charge in [0.1, 0.15) is 10.0 Å². The predicted octanol–water partition coefficient (Wildman–Crippen LogP) is 4.23. The molecule has 0 bridgehead atoms. The fraction of sp³-hybridized carbons (Fsp3) is 0.875. The number of aromatic nitrogens is 2. The summed E-state index contributed by atoms with van der Waals surface area (Å²) in [5, 5.41) is 14.5. The standard InChI is InChI=1S/C16H31N3S/c1-4-5-6-7-8-9-10-15-18-19-16(20-15)11-12-17-13-14(2)3/h14,17H,4-13H2,1-3H3. The summed E-state index contributed by atoms with van der Waals surface area (Å²) in [4.78, 5) is 0. The molecule has 20 heavy (non-hydrogen) atoms. The van der Waals surface area contributed by atoms with Crippen molar-refractivity contribution >= 4 is 11.3 Å². The second-order valence-corrected chi connectivity index (χ2v) is 7.10. The third-order valence-corrected chi connectivity index (χ3v) is 4.36. The van der Waals surface area contributed by atoms with Gasteiger partial charge in [-0.15, -0.1) is 21.5 Å². The van der Waals surface area contributed by atoms with Crippen LogP contribution in [0.5, 0.6) is 0 Å². The number of rotatable bonds is 12. The van der Waals surface area contributed by atoms with Gasteiger partial charge in [-0.2, -0.15) is 0 Å². The minimum absolute atomic E-state index is 0.715. The summed E-state index contributed by atoms with van der Waals surface area (Å²) in [5.41, 5.74) is 0. The highest BCUT2D eigenvalue weighted by Crippen LogP contribution is 2.14. The number of unbranched alkanes of at least 4 members (excludes halogenated alkanes) is 5.